The molecule has 4 N–H and O–H groups in total. The summed E-state index contributed by atoms with van der Waals surface area (Å²) < 4.78 is 11.3. The zero-order valence-corrected chi connectivity index (χ0v) is 19.9. The number of aliphatic imine (C=N–C) groups is 1. The fourth-order valence-corrected chi connectivity index (χ4v) is 4.17. The molecular formula is C23H21ClN6O4S. The minimum atomic E-state index is -1.04. The molecule has 0 amide bonds. The first-order valence-electron chi connectivity index (χ1n) is 10.6. The number of hydrogen-bond acceptors (Lipinski definition) is 11. The molecule has 1 aliphatic rings. The van der Waals surface area contributed by atoms with Crippen molar-refractivity contribution in [2.75, 3.05) is 30.5 Å². The van der Waals surface area contributed by atoms with Gasteiger partial charge in [-0.1, -0.05) is 11.6 Å². The average Bonchev–Trinajstić information content (AvgIpc) is 3.54. The van der Waals surface area contributed by atoms with Gasteiger partial charge in [-0.25, -0.2) is 19.9 Å². The van der Waals surface area contributed by atoms with Crippen molar-refractivity contribution in [3.05, 3.63) is 64.3 Å². The van der Waals surface area contributed by atoms with Crippen LogP contribution < -0.4 is 15.4 Å². The molecule has 2 aromatic carbocycles. The van der Waals surface area contributed by atoms with Crippen molar-refractivity contribution >= 4 is 57.1 Å². The third-order valence-corrected chi connectivity index (χ3v) is 6.37. The number of thiazole rings is 1. The Morgan fingerprint density at radius 3 is 2.63 bits per heavy atom. The monoisotopic (exact) mass is 512 g/mol. The van der Waals surface area contributed by atoms with Crippen LogP contribution in [0.25, 0.3) is 10.9 Å². The fourth-order valence-electron chi connectivity index (χ4n) is 3.41. The summed E-state index contributed by atoms with van der Waals surface area (Å²) in [7, 11) is 0. The van der Waals surface area contributed by atoms with Gasteiger partial charge >= 0.3 is 0 Å². The van der Waals surface area contributed by atoms with Crippen molar-refractivity contribution in [1.82, 2.24) is 15.0 Å². The molecule has 4 aromatic rings. The number of ether oxygens (including phenoxy) is 2. The van der Waals surface area contributed by atoms with Gasteiger partial charge in [-0.2, -0.15) is 0 Å². The molecular weight excluding hydrogens is 492 g/mol. The van der Waals surface area contributed by atoms with Crippen molar-refractivity contribution in [2.24, 2.45) is 4.99 Å². The molecule has 2 aromatic heterocycles. The highest BCUT2D eigenvalue weighted by Gasteiger charge is 2.35. The number of aromatic nitrogens is 3. The van der Waals surface area contributed by atoms with Crippen molar-refractivity contribution in [1.29, 1.82) is 0 Å². The van der Waals surface area contributed by atoms with E-state index in [1.807, 2.05) is 29.6 Å². The van der Waals surface area contributed by atoms with Gasteiger partial charge in [0.1, 0.15) is 41.7 Å². The van der Waals surface area contributed by atoms with Gasteiger partial charge in [0, 0.05) is 28.3 Å². The lowest BCUT2D eigenvalue weighted by Gasteiger charge is -2.16. The molecule has 0 saturated heterocycles. The lowest BCUT2D eigenvalue weighted by molar-refractivity contribution is 0.0976. The van der Waals surface area contributed by atoms with Gasteiger partial charge in [-0.05, 0) is 36.4 Å². The quantitative estimate of drug-likeness (QED) is 0.279. The van der Waals surface area contributed by atoms with Crippen molar-refractivity contribution in [3.63, 3.8) is 0 Å². The average molecular weight is 513 g/mol. The molecule has 180 valence electrons. The number of rotatable bonds is 8. The molecule has 5 rings (SSSR count). The van der Waals surface area contributed by atoms with Crippen LogP contribution in [-0.2, 0) is 11.3 Å². The minimum absolute atomic E-state index is 0.0934. The summed E-state index contributed by atoms with van der Waals surface area (Å²) in [4.78, 5) is 17.2. The highest BCUT2D eigenvalue weighted by molar-refractivity contribution is 7.09. The van der Waals surface area contributed by atoms with E-state index in [4.69, 9.17) is 21.1 Å². The molecule has 35 heavy (non-hydrogen) atoms. The van der Waals surface area contributed by atoms with E-state index in [1.165, 1.54) is 17.7 Å². The van der Waals surface area contributed by atoms with E-state index in [2.05, 4.69) is 30.6 Å². The van der Waals surface area contributed by atoms with Crippen LogP contribution in [0.15, 0.2) is 59.3 Å². The van der Waals surface area contributed by atoms with Crippen LogP contribution in [0.3, 0.4) is 0 Å². The highest BCUT2D eigenvalue weighted by Crippen LogP contribution is 2.32. The van der Waals surface area contributed by atoms with E-state index in [-0.39, 0.29) is 25.8 Å². The number of nitrogens with zero attached hydrogens (tertiary/aromatic N) is 4. The molecule has 10 nitrogen and oxygen atoms in total. The van der Waals surface area contributed by atoms with E-state index in [0.29, 0.717) is 28.9 Å². The number of benzene rings is 2. The van der Waals surface area contributed by atoms with Crippen LogP contribution >= 0.6 is 22.9 Å². The van der Waals surface area contributed by atoms with Crippen LogP contribution in [0.2, 0.25) is 5.02 Å². The summed E-state index contributed by atoms with van der Waals surface area (Å²) in [5.41, 5.74) is 1.11. The second-order valence-electron chi connectivity index (χ2n) is 7.81. The Morgan fingerprint density at radius 2 is 1.89 bits per heavy atom. The summed E-state index contributed by atoms with van der Waals surface area (Å²) in [6.45, 7) is -0.184. The second-order valence-corrected chi connectivity index (χ2v) is 9.20. The Hall–Kier alpha value is -3.51. The second kappa shape index (κ2) is 10.0. The normalized spacial score (nSPS) is 14.4. The molecule has 0 atom stereocenters. The first kappa shape index (κ1) is 23.2. The summed E-state index contributed by atoms with van der Waals surface area (Å²) in [5, 5.41) is 29.3. The van der Waals surface area contributed by atoms with E-state index in [9.17, 15) is 10.2 Å². The number of fused-ring (bicyclic) bond motifs is 1. The maximum Gasteiger partial charge on any atom is 0.290 e. The topological polar surface area (TPSA) is 134 Å². The maximum atomic E-state index is 9.51. The van der Waals surface area contributed by atoms with Gasteiger partial charge in [0.25, 0.3) is 6.02 Å². The summed E-state index contributed by atoms with van der Waals surface area (Å²) >= 11 is 7.95. The molecule has 0 bridgehead atoms. The molecule has 12 heteroatoms. The smallest absolute Gasteiger partial charge is 0.290 e. The molecule has 0 saturated carbocycles. The van der Waals surface area contributed by atoms with Gasteiger partial charge in [0.15, 0.2) is 0 Å². The summed E-state index contributed by atoms with van der Waals surface area (Å²) in [6, 6.07) is 11.2. The van der Waals surface area contributed by atoms with Crippen molar-refractivity contribution in [3.8, 4) is 5.75 Å². The largest absolute Gasteiger partial charge is 0.485 e. The number of halogens is 1. The van der Waals surface area contributed by atoms with Crippen molar-refractivity contribution < 1.29 is 19.7 Å². The van der Waals surface area contributed by atoms with Crippen LogP contribution in [0.5, 0.6) is 5.75 Å². The Kier molecular flexibility index (Phi) is 6.64. The standard InChI is InChI=1S/C23H21ClN6O4S/c24-17-8-15(2-4-19(17)33-9-20-25-5-6-35-20)28-21-16-7-14(1-3-18(16)26-13-27-21)29-22-30-23(10-31,11-32)12-34-22/h1-8,13,31-32H,9-12H2,(H,29,30)(H,26,27,28). The minimum Gasteiger partial charge on any atom is -0.485 e. The number of nitrogens with one attached hydrogen (secondary N) is 2. The first-order valence-corrected chi connectivity index (χ1v) is 11.9. The van der Waals surface area contributed by atoms with Gasteiger partial charge in [-0.15, -0.1) is 11.3 Å². The Bertz CT molecular complexity index is 1360. The number of aliphatic hydroxyl groups excluding tert-OH is 2. The molecule has 0 aliphatic carbocycles. The predicted octanol–water partition coefficient (Wildman–Crippen LogP) is 3.58. The Labute approximate surface area is 209 Å². The Morgan fingerprint density at radius 1 is 1.06 bits per heavy atom. The van der Waals surface area contributed by atoms with E-state index < -0.39 is 5.54 Å². The lowest BCUT2D eigenvalue weighted by Crippen LogP contribution is -2.37. The van der Waals surface area contributed by atoms with E-state index >= 15 is 0 Å². The van der Waals surface area contributed by atoms with Gasteiger partial charge < -0.3 is 30.3 Å². The van der Waals surface area contributed by atoms with Crippen LogP contribution in [0.1, 0.15) is 5.01 Å². The lowest BCUT2D eigenvalue weighted by atomic mass is 10.1. The fraction of sp³-hybridized carbons (Fsp3) is 0.217. The van der Waals surface area contributed by atoms with Gasteiger partial charge in [0.05, 0.1) is 23.8 Å². The van der Waals surface area contributed by atoms with Crippen LogP contribution in [0, 0.1) is 0 Å². The zero-order valence-electron chi connectivity index (χ0n) is 18.3. The molecule has 0 spiro atoms. The number of hydrogen-bond donors (Lipinski definition) is 4. The summed E-state index contributed by atoms with van der Waals surface area (Å²) in [6.07, 6.45) is 3.21. The van der Waals surface area contributed by atoms with Gasteiger partial charge in [0.2, 0.25) is 0 Å². The number of anilines is 3. The maximum absolute atomic E-state index is 9.51. The summed E-state index contributed by atoms with van der Waals surface area (Å²) in [5.74, 6) is 1.14. The predicted molar refractivity (Wildman–Crippen MR) is 135 cm³/mol. The van der Waals surface area contributed by atoms with Crippen molar-refractivity contribution in [2.45, 2.75) is 12.1 Å². The zero-order chi connectivity index (χ0) is 24.3. The third kappa shape index (κ3) is 5.13. The van der Waals surface area contributed by atoms with Gasteiger partial charge in [-0.3, -0.25) is 0 Å². The molecule has 3 heterocycles. The first-order chi connectivity index (χ1) is 17.1. The SMILES string of the molecule is OCC1(CO)COC(Nc2ccc3ncnc(Nc4ccc(OCc5nccs5)c(Cl)c4)c3c2)=N1. The van der Waals surface area contributed by atoms with Crippen LogP contribution in [-0.4, -0.2) is 56.5 Å². The molecule has 0 radical (unpaired) electrons. The molecule has 1 aliphatic heterocycles. The Balaban J connectivity index is 1.34. The third-order valence-electron chi connectivity index (χ3n) is 5.32. The van der Waals surface area contributed by atoms with E-state index in [0.717, 1.165) is 21.6 Å². The highest BCUT2D eigenvalue weighted by atomic mass is 35.5. The molecule has 0 fully saturated rings. The molecule has 0 unspecified atom stereocenters. The number of aliphatic hydroxyl groups is 2. The van der Waals surface area contributed by atoms with E-state index in [1.54, 1.807) is 18.3 Å². The van der Waals surface area contributed by atoms with Crippen LogP contribution in [0.4, 0.5) is 17.2 Å². The number of amidine groups is 1.